The molecule has 0 aliphatic heterocycles. The number of pyridine rings is 1. The van der Waals surface area contributed by atoms with Gasteiger partial charge in [0, 0.05) is 18.3 Å². The molecule has 0 bridgehead atoms. The molecule has 1 amide bonds. The second-order valence-corrected chi connectivity index (χ2v) is 3.99. The molecule has 0 spiro atoms. The quantitative estimate of drug-likeness (QED) is 0.890. The van der Waals surface area contributed by atoms with Gasteiger partial charge in [-0.05, 0) is 30.7 Å². The van der Waals surface area contributed by atoms with Gasteiger partial charge in [0.05, 0.1) is 11.8 Å². The molecule has 0 unspecified atom stereocenters. The van der Waals surface area contributed by atoms with Gasteiger partial charge in [-0.25, -0.2) is 4.39 Å². The van der Waals surface area contributed by atoms with E-state index in [-0.39, 0.29) is 11.3 Å². The van der Waals surface area contributed by atoms with Crippen LogP contribution in [0.15, 0.2) is 36.7 Å². The average Bonchev–Trinajstić information content (AvgIpc) is 2.38. The molecule has 0 aliphatic rings. The van der Waals surface area contributed by atoms with Gasteiger partial charge in [0.1, 0.15) is 11.6 Å². The maximum absolute atomic E-state index is 13.9. The lowest BCUT2D eigenvalue weighted by Gasteiger charge is -2.06. The van der Waals surface area contributed by atoms with Gasteiger partial charge in [-0.15, -0.1) is 0 Å². The zero-order chi connectivity index (χ0) is 13.8. The van der Waals surface area contributed by atoms with Crippen molar-refractivity contribution < 1.29 is 14.3 Å². The molecule has 19 heavy (non-hydrogen) atoms. The molecule has 4 nitrogen and oxygen atoms in total. The van der Waals surface area contributed by atoms with Crippen LogP contribution in [-0.2, 0) is 0 Å². The van der Waals surface area contributed by atoms with Crippen molar-refractivity contribution in [3.05, 3.63) is 48.0 Å². The van der Waals surface area contributed by atoms with Crippen molar-refractivity contribution in [1.29, 1.82) is 0 Å². The fraction of sp³-hybridized carbons (Fsp3) is 0.143. The minimum Gasteiger partial charge on any atom is -0.506 e. The predicted octanol–water partition coefficient (Wildman–Crippen LogP) is 2.34. The van der Waals surface area contributed by atoms with Gasteiger partial charge in [-0.2, -0.15) is 0 Å². The normalized spacial score (nSPS) is 10.2. The standard InChI is InChI=1S/C14H13FN2O2/c1-2-17-14(19)12-4-3-9(6-13(12)15)10-5-11(18)8-16-7-10/h3-8,18H,2H2,1H3,(H,17,19). The van der Waals surface area contributed by atoms with Gasteiger partial charge < -0.3 is 10.4 Å². The summed E-state index contributed by atoms with van der Waals surface area (Å²) in [7, 11) is 0. The first-order valence-electron chi connectivity index (χ1n) is 5.84. The smallest absolute Gasteiger partial charge is 0.254 e. The lowest BCUT2D eigenvalue weighted by atomic mass is 10.0. The Balaban J connectivity index is 2.36. The lowest BCUT2D eigenvalue weighted by Crippen LogP contribution is -2.23. The van der Waals surface area contributed by atoms with Gasteiger partial charge in [0.2, 0.25) is 0 Å². The van der Waals surface area contributed by atoms with Gasteiger partial charge in [-0.3, -0.25) is 9.78 Å². The number of nitrogens with one attached hydrogen (secondary N) is 1. The van der Waals surface area contributed by atoms with E-state index in [0.29, 0.717) is 17.7 Å². The molecule has 98 valence electrons. The summed E-state index contributed by atoms with van der Waals surface area (Å²) >= 11 is 0. The summed E-state index contributed by atoms with van der Waals surface area (Å²) in [5.41, 5.74) is 1.13. The number of nitrogens with zero attached hydrogens (tertiary/aromatic N) is 1. The molecule has 0 atom stereocenters. The highest BCUT2D eigenvalue weighted by Gasteiger charge is 2.12. The zero-order valence-electron chi connectivity index (χ0n) is 10.4. The summed E-state index contributed by atoms with van der Waals surface area (Å²) in [6, 6.07) is 5.76. The number of aromatic nitrogens is 1. The number of benzene rings is 1. The van der Waals surface area contributed by atoms with E-state index in [9.17, 15) is 14.3 Å². The molecular weight excluding hydrogens is 247 g/mol. The van der Waals surface area contributed by atoms with Gasteiger partial charge in [0.25, 0.3) is 5.91 Å². The second-order valence-electron chi connectivity index (χ2n) is 3.99. The van der Waals surface area contributed by atoms with E-state index in [4.69, 9.17) is 0 Å². The van der Waals surface area contributed by atoms with E-state index in [2.05, 4.69) is 10.3 Å². The number of rotatable bonds is 3. The number of halogens is 1. The molecule has 0 saturated heterocycles. The van der Waals surface area contributed by atoms with E-state index >= 15 is 0 Å². The highest BCUT2D eigenvalue weighted by molar-refractivity contribution is 5.94. The first-order chi connectivity index (χ1) is 9.11. The van der Waals surface area contributed by atoms with Crippen molar-refractivity contribution in [3.8, 4) is 16.9 Å². The highest BCUT2D eigenvalue weighted by atomic mass is 19.1. The lowest BCUT2D eigenvalue weighted by molar-refractivity contribution is 0.0952. The molecule has 2 aromatic rings. The van der Waals surface area contributed by atoms with E-state index < -0.39 is 11.7 Å². The van der Waals surface area contributed by atoms with Crippen LogP contribution in [0.4, 0.5) is 4.39 Å². The summed E-state index contributed by atoms with van der Waals surface area (Å²) < 4.78 is 13.9. The van der Waals surface area contributed by atoms with Crippen LogP contribution in [0.5, 0.6) is 5.75 Å². The van der Waals surface area contributed by atoms with Gasteiger partial charge in [0.15, 0.2) is 0 Å². The Morgan fingerprint density at radius 3 is 2.74 bits per heavy atom. The molecule has 0 radical (unpaired) electrons. The summed E-state index contributed by atoms with van der Waals surface area (Å²) in [5.74, 6) is -1.04. The first-order valence-corrected chi connectivity index (χ1v) is 5.84. The summed E-state index contributed by atoms with van der Waals surface area (Å²) in [5, 5.41) is 11.9. The van der Waals surface area contributed by atoms with Crippen LogP contribution in [0.1, 0.15) is 17.3 Å². The second kappa shape index (κ2) is 5.48. The molecule has 1 heterocycles. The van der Waals surface area contributed by atoms with Crippen LogP contribution in [0.3, 0.4) is 0 Å². The van der Waals surface area contributed by atoms with Gasteiger partial charge >= 0.3 is 0 Å². The van der Waals surface area contributed by atoms with Crippen molar-refractivity contribution >= 4 is 5.91 Å². The SMILES string of the molecule is CCNC(=O)c1ccc(-c2cncc(O)c2)cc1F. The van der Waals surface area contributed by atoms with Crippen molar-refractivity contribution in [2.45, 2.75) is 6.92 Å². The van der Waals surface area contributed by atoms with E-state index in [1.165, 1.54) is 30.6 Å². The van der Waals surface area contributed by atoms with Gasteiger partial charge in [-0.1, -0.05) is 6.07 Å². The van der Waals surface area contributed by atoms with E-state index in [0.717, 1.165) is 0 Å². The maximum atomic E-state index is 13.9. The molecule has 0 saturated carbocycles. The monoisotopic (exact) mass is 260 g/mol. The third kappa shape index (κ3) is 2.88. The minimum absolute atomic E-state index is 0.00119. The van der Waals surface area contributed by atoms with Crippen LogP contribution in [0.25, 0.3) is 11.1 Å². The Labute approximate surface area is 109 Å². The van der Waals surface area contributed by atoms with Crippen molar-refractivity contribution in [2.24, 2.45) is 0 Å². The average molecular weight is 260 g/mol. The van der Waals surface area contributed by atoms with Crippen LogP contribution in [-0.4, -0.2) is 22.5 Å². The third-order valence-electron chi connectivity index (χ3n) is 2.61. The molecule has 2 rings (SSSR count). The van der Waals surface area contributed by atoms with Crippen LogP contribution < -0.4 is 5.32 Å². The molecule has 0 fully saturated rings. The predicted molar refractivity (Wildman–Crippen MR) is 69.3 cm³/mol. The number of aromatic hydroxyl groups is 1. The van der Waals surface area contributed by atoms with Crippen molar-refractivity contribution in [3.63, 3.8) is 0 Å². The first kappa shape index (κ1) is 13.0. The van der Waals surface area contributed by atoms with Crippen molar-refractivity contribution in [1.82, 2.24) is 10.3 Å². The Hall–Kier alpha value is -2.43. The largest absolute Gasteiger partial charge is 0.506 e. The topological polar surface area (TPSA) is 62.2 Å². The zero-order valence-corrected chi connectivity index (χ0v) is 10.4. The van der Waals surface area contributed by atoms with Crippen molar-refractivity contribution in [2.75, 3.05) is 6.54 Å². The van der Waals surface area contributed by atoms with Crippen LogP contribution >= 0.6 is 0 Å². The van der Waals surface area contributed by atoms with Crippen LogP contribution in [0.2, 0.25) is 0 Å². The number of hydrogen-bond acceptors (Lipinski definition) is 3. The third-order valence-corrected chi connectivity index (χ3v) is 2.61. The molecular formula is C14H13FN2O2. The number of carbonyl (C=O) groups excluding carboxylic acids is 1. The Morgan fingerprint density at radius 1 is 1.32 bits per heavy atom. The Morgan fingerprint density at radius 2 is 2.11 bits per heavy atom. The molecule has 5 heteroatoms. The molecule has 0 aliphatic carbocycles. The fourth-order valence-corrected chi connectivity index (χ4v) is 1.72. The molecule has 2 N–H and O–H groups in total. The molecule has 1 aromatic carbocycles. The molecule has 1 aromatic heterocycles. The number of hydrogen-bond donors (Lipinski definition) is 2. The number of amides is 1. The van der Waals surface area contributed by atoms with Crippen LogP contribution in [0, 0.1) is 5.82 Å². The fourth-order valence-electron chi connectivity index (χ4n) is 1.72. The number of carbonyl (C=O) groups is 1. The minimum atomic E-state index is -0.605. The summed E-state index contributed by atoms with van der Waals surface area (Å²) in [6.45, 7) is 2.21. The van der Waals surface area contributed by atoms with E-state index in [1.807, 2.05) is 0 Å². The highest BCUT2D eigenvalue weighted by Crippen LogP contribution is 2.23. The summed E-state index contributed by atoms with van der Waals surface area (Å²) in [4.78, 5) is 15.4. The summed E-state index contributed by atoms with van der Waals surface area (Å²) in [6.07, 6.45) is 2.81. The maximum Gasteiger partial charge on any atom is 0.254 e. The van der Waals surface area contributed by atoms with E-state index in [1.54, 1.807) is 13.0 Å². The Kier molecular flexibility index (Phi) is 3.75. The Bertz CT molecular complexity index is 614.